The molecule has 0 radical (unpaired) electrons. The second-order valence-corrected chi connectivity index (χ2v) is 7.09. The monoisotopic (exact) mass is 442 g/mol. The summed E-state index contributed by atoms with van der Waals surface area (Å²) in [7, 11) is 0. The summed E-state index contributed by atoms with van der Waals surface area (Å²) in [5.74, 6) is -0.117. The number of nitro benzene ring substituents is 1. The van der Waals surface area contributed by atoms with E-state index in [1.165, 1.54) is 13.0 Å². The maximum Gasteiger partial charge on any atom is 0.323 e. The van der Waals surface area contributed by atoms with Gasteiger partial charge < -0.3 is 14.5 Å². The highest BCUT2D eigenvalue weighted by Crippen LogP contribution is 2.40. The van der Waals surface area contributed by atoms with Crippen LogP contribution in [0.25, 0.3) is 22.5 Å². The molecule has 0 aliphatic heterocycles. The Morgan fingerprint density at radius 1 is 1.23 bits per heavy atom. The number of nitrogens with one attached hydrogen (secondary N) is 1. The molecule has 1 N–H and O–H groups in total. The number of hydrogen-bond donors (Lipinski definition) is 1. The number of nitrogens with zero attached hydrogens (tertiary/aromatic N) is 5. The molecular weight excluding hydrogens is 428 g/mol. The van der Waals surface area contributed by atoms with E-state index in [1.807, 2.05) is 30.3 Å². The van der Waals surface area contributed by atoms with E-state index < -0.39 is 10.9 Å². The number of rotatable bonds is 8. The number of anilines is 1. The number of carbonyl (C=O) groups excluding carboxylic acids is 1. The lowest BCUT2D eigenvalue weighted by molar-refractivity contribution is -0.382. The van der Waals surface area contributed by atoms with Gasteiger partial charge in [0.2, 0.25) is 11.4 Å². The zero-order valence-electron chi connectivity index (χ0n) is 16.0. The molecule has 4 aromatic rings. The van der Waals surface area contributed by atoms with Gasteiger partial charge >= 0.3 is 11.7 Å². The third kappa shape index (κ3) is 4.45. The summed E-state index contributed by atoms with van der Waals surface area (Å²) in [4.78, 5) is 22.4. The van der Waals surface area contributed by atoms with Gasteiger partial charge in [-0.3, -0.25) is 14.9 Å². The van der Waals surface area contributed by atoms with Gasteiger partial charge in [-0.2, -0.15) is 0 Å². The predicted octanol–water partition coefficient (Wildman–Crippen LogP) is 3.31. The summed E-state index contributed by atoms with van der Waals surface area (Å²) in [6.07, 6.45) is 0. The highest BCUT2D eigenvalue weighted by Gasteiger charge is 2.27. The summed E-state index contributed by atoms with van der Waals surface area (Å²) in [5.41, 5.74) is 0.755. The fraction of sp³-hybridized carbons (Fsp3) is 0.167. The van der Waals surface area contributed by atoms with Crippen LogP contribution in [0.5, 0.6) is 0 Å². The van der Waals surface area contributed by atoms with Gasteiger partial charge in [0.25, 0.3) is 5.22 Å². The molecule has 12 nitrogen and oxygen atoms in total. The maximum atomic E-state index is 11.6. The van der Waals surface area contributed by atoms with E-state index in [0.717, 1.165) is 17.3 Å². The van der Waals surface area contributed by atoms with Gasteiger partial charge in [0, 0.05) is 19.0 Å². The molecule has 13 heteroatoms. The summed E-state index contributed by atoms with van der Waals surface area (Å²) in [5, 5.41) is 30.2. The molecule has 2 aromatic carbocycles. The molecule has 0 saturated carbocycles. The van der Waals surface area contributed by atoms with Crippen LogP contribution in [0, 0.1) is 10.1 Å². The average Bonchev–Trinajstić information content (AvgIpc) is 3.41. The largest absolute Gasteiger partial charge is 0.464 e. The first-order valence-electron chi connectivity index (χ1n) is 8.90. The van der Waals surface area contributed by atoms with Crippen molar-refractivity contribution in [2.75, 3.05) is 18.5 Å². The fourth-order valence-electron chi connectivity index (χ4n) is 2.72. The number of esters is 1. The van der Waals surface area contributed by atoms with Crippen LogP contribution in [0.3, 0.4) is 0 Å². The minimum Gasteiger partial charge on any atom is -0.464 e. The van der Waals surface area contributed by atoms with Crippen molar-refractivity contribution in [1.29, 1.82) is 0 Å². The number of benzene rings is 2. The van der Waals surface area contributed by atoms with E-state index in [1.54, 1.807) is 0 Å². The van der Waals surface area contributed by atoms with E-state index in [2.05, 4.69) is 25.8 Å². The Kier molecular flexibility index (Phi) is 5.75. The van der Waals surface area contributed by atoms with Crippen LogP contribution >= 0.6 is 11.8 Å². The van der Waals surface area contributed by atoms with Gasteiger partial charge in [-0.25, -0.2) is 4.63 Å². The van der Waals surface area contributed by atoms with Crippen molar-refractivity contribution in [2.45, 2.75) is 17.0 Å². The first-order valence-corrected chi connectivity index (χ1v) is 9.72. The zero-order chi connectivity index (χ0) is 21.8. The number of hydrogen-bond acceptors (Lipinski definition) is 12. The number of ether oxygens (including phenoxy) is 1. The number of nitro groups is 1. The molecule has 0 bridgehead atoms. The van der Waals surface area contributed by atoms with Gasteiger partial charge in [-0.15, -0.1) is 10.2 Å². The molecule has 2 aromatic heterocycles. The Hall–Kier alpha value is -4.00. The minimum atomic E-state index is -0.588. The molecule has 0 unspecified atom stereocenters. The predicted molar refractivity (Wildman–Crippen MR) is 107 cm³/mol. The second-order valence-electron chi connectivity index (χ2n) is 6.10. The molecule has 0 atom stereocenters. The third-order valence-electron chi connectivity index (χ3n) is 4.01. The summed E-state index contributed by atoms with van der Waals surface area (Å²) >= 11 is 1.07. The Balaban J connectivity index is 1.65. The van der Waals surface area contributed by atoms with Gasteiger partial charge in [0.1, 0.15) is 12.3 Å². The smallest absolute Gasteiger partial charge is 0.323 e. The molecule has 31 heavy (non-hydrogen) atoms. The molecule has 0 aliphatic rings. The van der Waals surface area contributed by atoms with Gasteiger partial charge in [-0.05, 0) is 40.3 Å². The normalized spacial score (nSPS) is 10.9. The van der Waals surface area contributed by atoms with Gasteiger partial charge in [0.05, 0.1) is 9.82 Å². The number of carbonyl (C=O) groups is 1. The van der Waals surface area contributed by atoms with Gasteiger partial charge in [-0.1, -0.05) is 18.2 Å². The molecule has 2 heterocycles. The molecule has 4 rings (SSSR count). The number of fused-ring (bicyclic) bond motifs is 1. The highest BCUT2D eigenvalue weighted by molar-refractivity contribution is 7.99. The van der Waals surface area contributed by atoms with Crippen molar-refractivity contribution >= 4 is 40.1 Å². The fourth-order valence-corrected chi connectivity index (χ4v) is 3.52. The lowest BCUT2D eigenvalue weighted by atomic mass is 10.2. The Morgan fingerprint density at radius 3 is 2.74 bits per heavy atom. The lowest BCUT2D eigenvalue weighted by Crippen LogP contribution is -2.13. The van der Waals surface area contributed by atoms with Crippen molar-refractivity contribution in [3.8, 4) is 11.5 Å². The lowest BCUT2D eigenvalue weighted by Gasteiger charge is -2.09. The van der Waals surface area contributed by atoms with Crippen LogP contribution in [0.15, 0.2) is 55.6 Å². The van der Waals surface area contributed by atoms with Crippen molar-refractivity contribution in [3.05, 3.63) is 46.5 Å². The van der Waals surface area contributed by atoms with E-state index >= 15 is 0 Å². The van der Waals surface area contributed by atoms with Crippen LogP contribution in [0.2, 0.25) is 0 Å². The molecule has 0 fully saturated rings. The Morgan fingerprint density at radius 2 is 2.00 bits per heavy atom. The first-order chi connectivity index (χ1) is 15.0. The molecule has 0 saturated heterocycles. The van der Waals surface area contributed by atoms with Gasteiger partial charge in [0.15, 0.2) is 5.52 Å². The van der Waals surface area contributed by atoms with Crippen molar-refractivity contribution in [3.63, 3.8) is 0 Å². The van der Waals surface area contributed by atoms with E-state index in [9.17, 15) is 14.9 Å². The first kappa shape index (κ1) is 20.3. The average molecular weight is 442 g/mol. The van der Waals surface area contributed by atoms with Crippen LogP contribution in [-0.4, -0.2) is 44.6 Å². The Labute approximate surface area is 178 Å². The molecule has 158 valence electrons. The quantitative estimate of drug-likeness (QED) is 0.184. The number of aromatic nitrogens is 4. The Bertz CT molecular complexity index is 1240. The molecule has 0 aliphatic carbocycles. The molecular formula is C18H14N6O6S. The third-order valence-corrected chi connectivity index (χ3v) is 4.88. The zero-order valence-corrected chi connectivity index (χ0v) is 16.8. The second kappa shape index (κ2) is 8.79. The molecule has 0 amide bonds. The van der Waals surface area contributed by atoms with Crippen LogP contribution in [0.4, 0.5) is 11.4 Å². The van der Waals surface area contributed by atoms with Crippen LogP contribution in [-0.2, 0) is 9.53 Å². The standard InChI is InChI=1S/C18H14N6O6S/c1-10(25)28-8-7-19-12-9-13(14-15(23-30-22-14)16(12)24(26)27)31-18-21-20-17(29-18)11-5-3-2-4-6-11/h2-6,9,19H,7-8H2,1H3. The van der Waals surface area contributed by atoms with Crippen molar-refractivity contribution in [1.82, 2.24) is 20.5 Å². The maximum absolute atomic E-state index is 11.6. The molecule has 0 spiro atoms. The van der Waals surface area contributed by atoms with E-state index in [4.69, 9.17) is 13.8 Å². The minimum absolute atomic E-state index is 0.0345. The van der Waals surface area contributed by atoms with Crippen molar-refractivity contribution in [2.24, 2.45) is 0 Å². The summed E-state index contributed by atoms with van der Waals surface area (Å²) in [6, 6.07) is 10.7. The summed E-state index contributed by atoms with van der Waals surface area (Å²) in [6.45, 7) is 1.46. The van der Waals surface area contributed by atoms with E-state index in [-0.39, 0.29) is 40.8 Å². The van der Waals surface area contributed by atoms with E-state index in [0.29, 0.717) is 10.8 Å². The van der Waals surface area contributed by atoms with Crippen molar-refractivity contribution < 1.29 is 23.5 Å². The summed E-state index contributed by atoms with van der Waals surface area (Å²) < 4.78 is 15.3. The van der Waals surface area contributed by atoms with Crippen LogP contribution < -0.4 is 5.32 Å². The van der Waals surface area contributed by atoms with Crippen LogP contribution in [0.1, 0.15) is 6.92 Å². The topological polar surface area (TPSA) is 159 Å². The SMILES string of the molecule is CC(=O)OCCNc1cc(Sc2nnc(-c3ccccc3)o2)c2nonc2c1[N+](=O)[O-]. The highest BCUT2D eigenvalue weighted by atomic mass is 32.2.